The maximum atomic E-state index is 14.0. The first-order valence-corrected chi connectivity index (χ1v) is 14.1. The molecule has 43 heavy (non-hydrogen) atoms. The highest BCUT2D eigenvalue weighted by atomic mass is 32.2. The van der Waals surface area contributed by atoms with Gasteiger partial charge in [0.05, 0.1) is 18.8 Å². The number of amides is 1. The van der Waals surface area contributed by atoms with Gasteiger partial charge in [-0.05, 0) is 16.7 Å². The lowest BCUT2D eigenvalue weighted by molar-refractivity contribution is -0.245. The number of benzene rings is 3. The molecule has 13 heteroatoms. The van der Waals surface area contributed by atoms with Crippen LogP contribution in [0.5, 0.6) is 0 Å². The number of aliphatic hydroxyl groups is 1. The van der Waals surface area contributed by atoms with Gasteiger partial charge in [-0.2, -0.15) is 0 Å². The lowest BCUT2D eigenvalue weighted by Gasteiger charge is -2.36. The van der Waals surface area contributed by atoms with Gasteiger partial charge in [0.2, 0.25) is 5.82 Å². The minimum atomic E-state index is -2.34. The van der Waals surface area contributed by atoms with E-state index in [2.05, 4.69) is 10.3 Å². The van der Waals surface area contributed by atoms with Gasteiger partial charge in [-0.1, -0.05) is 60.3 Å². The normalized spacial score (nSPS) is 18.5. The molecule has 1 aliphatic rings. The first-order chi connectivity index (χ1) is 20.7. The number of thioether (sulfide) groups is 1. The van der Waals surface area contributed by atoms with Crippen molar-refractivity contribution in [1.29, 1.82) is 0 Å². The van der Waals surface area contributed by atoms with Gasteiger partial charge in [0.25, 0.3) is 5.91 Å². The zero-order chi connectivity index (χ0) is 30.7. The highest BCUT2D eigenvalue weighted by molar-refractivity contribution is 7.99. The summed E-state index contributed by atoms with van der Waals surface area (Å²) < 4.78 is 82.8. The Labute approximate surface area is 247 Å². The van der Waals surface area contributed by atoms with Crippen LogP contribution in [-0.2, 0) is 29.7 Å². The van der Waals surface area contributed by atoms with Crippen LogP contribution in [0.25, 0.3) is 0 Å². The number of ether oxygens (including phenoxy) is 2. The summed E-state index contributed by atoms with van der Waals surface area (Å²) in [6.45, 7) is -0.317. The van der Waals surface area contributed by atoms with Gasteiger partial charge < -0.3 is 24.5 Å². The number of carbonyl (C=O) groups is 1. The largest absolute Gasteiger partial charge is 0.392 e. The van der Waals surface area contributed by atoms with Crippen LogP contribution in [0.1, 0.15) is 51.4 Å². The van der Waals surface area contributed by atoms with Gasteiger partial charge in [0.15, 0.2) is 34.7 Å². The zero-order valence-corrected chi connectivity index (χ0v) is 23.5. The standard InChI is InChI=1S/C30H26F5N3O4S/c1-38-11-10-36-30(38)43-15-20-12-21(18-6-4-17(14-39)5-7-18)42-29(41-20)19-8-2-16(3-9-19)13-37-28(40)22-23(31)25(33)27(35)26(34)24(22)32/h2-11,20-21,29,39H,12-15H2,1H3,(H,37,40)/t20-,21+,29+/m1/s1. The monoisotopic (exact) mass is 619 g/mol. The molecule has 1 aliphatic heterocycles. The Morgan fingerprint density at radius 1 is 0.930 bits per heavy atom. The van der Waals surface area contributed by atoms with Crippen molar-refractivity contribution in [2.24, 2.45) is 7.05 Å². The molecular formula is C30H26F5N3O4S. The van der Waals surface area contributed by atoms with Gasteiger partial charge in [-0.15, -0.1) is 0 Å². The predicted octanol–water partition coefficient (Wildman–Crippen LogP) is 5.88. The number of carbonyl (C=O) groups excluding carboxylic acids is 1. The van der Waals surface area contributed by atoms with Crippen molar-refractivity contribution in [3.8, 4) is 0 Å². The number of nitrogens with zero attached hydrogens (tertiary/aromatic N) is 2. The van der Waals surface area contributed by atoms with Crippen LogP contribution in [0.2, 0.25) is 0 Å². The van der Waals surface area contributed by atoms with Crippen molar-refractivity contribution in [3.63, 3.8) is 0 Å². The average Bonchev–Trinajstić information content (AvgIpc) is 3.45. The number of aromatic nitrogens is 2. The number of aryl methyl sites for hydroxylation is 1. The molecule has 4 aromatic rings. The lowest BCUT2D eigenvalue weighted by atomic mass is 10.0. The summed E-state index contributed by atoms with van der Waals surface area (Å²) in [5.74, 6) is -12.0. The third-order valence-electron chi connectivity index (χ3n) is 6.93. The average molecular weight is 620 g/mol. The summed E-state index contributed by atoms with van der Waals surface area (Å²) in [6.07, 6.45) is 2.89. The fourth-order valence-electron chi connectivity index (χ4n) is 4.55. The van der Waals surface area contributed by atoms with Crippen molar-refractivity contribution in [1.82, 2.24) is 14.9 Å². The first kappa shape index (κ1) is 30.7. The van der Waals surface area contributed by atoms with E-state index in [1.54, 1.807) is 42.2 Å². The van der Waals surface area contributed by atoms with Crippen molar-refractivity contribution < 1.29 is 41.3 Å². The lowest BCUT2D eigenvalue weighted by Crippen LogP contribution is -2.31. The Kier molecular flexibility index (Phi) is 9.45. The van der Waals surface area contributed by atoms with Crippen LogP contribution in [0.3, 0.4) is 0 Å². The molecule has 1 fully saturated rings. The Hall–Kier alpha value is -3.78. The SMILES string of the molecule is Cn1ccnc1SC[C@H]1C[C@@H](c2ccc(CO)cc2)O[C@@H](c2ccc(CNC(=O)c3c(F)c(F)c(F)c(F)c3F)cc2)O1. The third-order valence-corrected chi connectivity index (χ3v) is 8.12. The van der Waals surface area contributed by atoms with E-state index >= 15 is 0 Å². The first-order valence-electron chi connectivity index (χ1n) is 13.2. The van der Waals surface area contributed by atoms with Crippen LogP contribution in [0.4, 0.5) is 22.0 Å². The van der Waals surface area contributed by atoms with E-state index in [0.717, 1.165) is 16.3 Å². The van der Waals surface area contributed by atoms with E-state index in [4.69, 9.17) is 9.47 Å². The maximum absolute atomic E-state index is 14.0. The molecule has 1 amide bonds. The zero-order valence-electron chi connectivity index (χ0n) is 22.7. The smallest absolute Gasteiger partial charge is 0.257 e. The number of halogens is 5. The summed E-state index contributed by atoms with van der Waals surface area (Å²) in [4.78, 5) is 16.6. The molecule has 2 N–H and O–H groups in total. The van der Waals surface area contributed by atoms with Crippen LogP contribution in [-0.4, -0.2) is 32.4 Å². The maximum Gasteiger partial charge on any atom is 0.257 e. The molecule has 0 aliphatic carbocycles. The second-order valence-corrected chi connectivity index (χ2v) is 10.8. The Balaban J connectivity index is 1.29. The summed E-state index contributed by atoms with van der Waals surface area (Å²) >= 11 is 1.55. The second kappa shape index (κ2) is 13.2. The number of aliphatic hydroxyl groups excluding tert-OH is 1. The summed E-state index contributed by atoms with van der Waals surface area (Å²) in [6, 6.07) is 14.1. The number of imidazole rings is 1. The molecule has 5 rings (SSSR count). The molecule has 0 spiro atoms. The molecule has 2 heterocycles. The molecule has 1 saturated heterocycles. The van der Waals surface area contributed by atoms with Gasteiger partial charge in [0.1, 0.15) is 5.56 Å². The van der Waals surface area contributed by atoms with Crippen molar-refractivity contribution in [2.45, 2.75) is 43.2 Å². The minimum Gasteiger partial charge on any atom is -0.392 e. The van der Waals surface area contributed by atoms with Gasteiger partial charge in [-0.25, -0.2) is 26.9 Å². The number of rotatable bonds is 9. The highest BCUT2D eigenvalue weighted by Gasteiger charge is 2.33. The highest BCUT2D eigenvalue weighted by Crippen LogP contribution is 2.39. The molecule has 3 atom stereocenters. The van der Waals surface area contributed by atoms with Gasteiger partial charge >= 0.3 is 0 Å². The molecule has 0 radical (unpaired) electrons. The van der Waals surface area contributed by atoms with Crippen LogP contribution in [0.15, 0.2) is 66.1 Å². The van der Waals surface area contributed by atoms with Crippen molar-refractivity contribution in [2.75, 3.05) is 5.75 Å². The fraction of sp³-hybridized carbons (Fsp3) is 0.267. The van der Waals surface area contributed by atoms with E-state index in [9.17, 15) is 31.9 Å². The summed E-state index contributed by atoms with van der Waals surface area (Å²) in [5.41, 5.74) is 1.31. The number of hydrogen-bond acceptors (Lipinski definition) is 6. The third kappa shape index (κ3) is 6.74. The van der Waals surface area contributed by atoms with Crippen molar-refractivity contribution in [3.05, 3.63) is 118 Å². The fourth-order valence-corrected chi connectivity index (χ4v) is 5.50. The molecule has 3 aromatic carbocycles. The molecular weight excluding hydrogens is 593 g/mol. The van der Waals surface area contributed by atoms with Crippen LogP contribution >= 0.6 is 11.8 Å². The molecule has 226 valence electrons. The summed E-state index contributed by atoms with van der Waals surface area (Å²) in [5, 5.41) is 12.4. The summed E-state index contributed by atoms with van der Waals surface area (Å²) in [7, 11) is 1.90. The van der Waals surface area contributed by atoms with E-state index in [1.807, 2.05) is 42.1 Å². The Morgan fingerprint density at radius 2 is 1.53 bits per heavy atom. The number of nitrogens with one attached hydrogen (secondary N) is 1. The molecule has 0 bridgehead atoms. The van der Waals surface area contributed by atoms with E-state index in [0.29, 0.717) is 23.3 Å². The van der Waals surface area contributed by atoms with E-state index in [-0.39, 0.29) is 25.4 Å². The van der Waals surface area contributed by atoms with Gasteiger partial charge in [-0.3, -0.25) is 4.79 Å². The van der Waals surface area contributed by atoms with E-state index < -0.39 is 46.8 Å². The molecule has 0 saturated carbocycles. The van der Waals surface area contributed by atoms with Crippen LogP contribution in [0, 0.1) is 29.1 Å². The topological polar surface area (TPSA) is 85.6 Å². The minimum absolute atomic E-state index is 0.0746. The molecule has 7 nitrogen and oxygen atoms in total. The van der Waals surface area contributed by atoms with Crippen LogP contribution < -0.4 is 5.32 Å². The quantitative estimate of drug-likeness (QED) is 0.105. The van der Waals surface area contributed by atoms with Crippen molar-refractivity contribution >= 4 is 17.7 Å². The van der Waals surface area contributed by atoms with Gasteiger partial charge in [0, 0.05) is 43.7 Å². The molecule has 1 aromatic heterocycles. The Bertz CT molecular complexity index is 1570. The predicted molar refractivity (Wildman–Crippen MR) is 146 cm³/mol. The van der Waals surface area contributed by atoms with E-state index in [1.165, 1.54) is 0 Å². The number of hydrogen-bond donors (Lipinski definition) is 2. The second-order valence-electron chi connectivity index (χ2n) is 9.85. The Morgan fingerprint density at radius 3 is 2.14 bits per heavy atom. The molecule has 0 unspecified atom stereocenters.